The molecule has 0 saturated carbocycles. The van der Waals surface area contributed by atoms with E-state index in [0.29, 0.717) is 17.8 Å². The standard InChI is InChI=1S/C20H20N2O3S/c1-2-13-21-26(24,25)19-11-9-18(10-12-19)22-20(23)17-8-7-15-5-3-4-6-16(15)14-17/h3-12,14,21H,2,13H2,1H3,(H,22,23). The lowest BCUT2D eigenvalue weighted by Gasteiger charge is -2.09. The zero-order valence-electron chi connectivity index (χ0n) is 14.4. The highest BCUT2D eigenvalue weighted by atomic mass is 32.2. The van der Waals surface area contributed by atoms with Crippen LogP contribution in [-0.2, 0) is 10.0 Å². The van der Waals surface area contributed by atoms with Crippen molar-refractivity contribution >= 4 is 32.4 Å². The van der Waals surface area contributed by atoms with Gasteiger partial charge in [-0.15, -0.1) is 0 Å². The maximum atomic E-state index is 12.4. The van der Waals surface area contributed by atoms with Crippen LogP contribution >= 0.6 is 0 Å². The fourth-order valence-corrected chi connectivity index (χ4v) is 3.70. The summed E-state index contributed by atoms with van der Waals surface area (Å²) < 4.78 is 26.7. The van der Waals surface area contributed by atoms with Gasteiger partial charge in [-0.2, -0.15) is 0 Å². The highest BCUT2D eigenvalue weighted by Gasteiger charge is 2.13. The van der Waals surface area contributed by atoms with Gasteiger partial charge in [-0.1, -0.05) is 37.3 Å². The molecule has 0 radical (unpaired) electrons. The van der Waals surface area contributed by atoms with E-state index in [1.165, 1.54) is 12.1 Å². The summed E-state index contributed by atoms with van der Waals surface area (Å²) in [5.41, 5.74) is 1.09. The summed E-state index contributed by atoms with van der Waals surface area (Å²) in [6.45, 7) is 2.29. The third kappa shape index (κ3) is 4.09. The largest absolute Gasteiger partial charge is 0.322 e. The SMILES string of the molecule is CCCNS(=O)(=O)c1ccc(NC(=O)c2ccc3ccccc3c2)cc1. The molecule has 0 spiro atoms. The third-order valence-corrected chi connectivity index (χ3v) is 5.45. The minimum atomic E-state index is -3.51. The average molecular weight is 368 g/mol. The summed E-state index contributed by atoms with van der Waals surface area (Å²) in [5, 5.41) is 4.85. The second-order valence-corrected chi connectivity index (χ2v) is 7.71. The van der Waals surface area contributed by atoms with Gasteiger partial charge in [0, 0.05) is 17.8 Å². The van der Waals surface area contributed by atoms with E-state index in [1.807, 2.05) is 43.3 Å². The van der Waals surface area contributed by atoms with Crippen LogP contribution in [0, 0.1) is 0 Å². The van der Waals surface area contributed by atoms with Crippen molar-refractivity contribution in [2.24, 2.45) is 0 Å². The molecule has 26 heavy (non-hydrogen) atoms. The summed E-state index contributed by atoms with van der Waals surface area (Å²) in [5.74, 6) is -0.240. The number of carbonyl (C=O) groups is 1. The molecule has 0 aliphatic heterocycles. The van der Waals surface area contributed by atoms with Gasteiger partial charge < -0.3 is 5.32 Å². The van der Waals surface area contributed by atoms with Crippen LogP contribution in [0.5, 0.6) is 0 Å². The minimum absolute atomic E-state index is 0.176. The number of sulfonamides is 1. The van der Waals surface area contributed by atoms with Gasteiger partial charge in [-0.25, -0.2) is 13.1 Å². The maximum absolute atomic E-state index is 12.4. The van der Waals surface area contributed by atoms with Crippen molar-refractivity contribution in [3.63, 3.8) is 0 Å². The Balaban J connectivity index is 1.74. The predicted octanol–water partition coefficient (Wildman–Crippen LogP) is 3.78. The summed E-state index contributed by atoms with van der Waals surface area (Å²) in [6.07, 6.45) is 0.721. The zero-order chi connectivity index (χ0) is 18.6. The van der Waals surface area contributed by atoms with Gasteiger partial charge >= 0.3 is 0 Å². The third-order valence-electron chi connectivity index (χ3n) is 3.98. The molecule has 0 saturated heterocycles. The number of anilines is 1. The van der Waals surface area contributed by atoms with Crippen molar-refractivity contribution in [3.05, 3.63) is 72.3 Å². The van der Waals surface area contributed by atoms with Crippen molar-refractivity contribution < 1.29 is 13.2 Å². The lowest BCUT2D eigenvalue weighted by molar-refractivity contribution is 0.102. The second-order valence-electron chi connectivity index (χ2n) is 5.94. The first-order chi connectivity index (χ1) is 12.5. The molecular weight excluding hydrogens is 348 g/mol. The number of nitrogens with one attached hydrogen (secondary N) is 2. The molecule has 0 aliphatic carbocycles. The predicted molar refractivity (Wildman–Crippen MR) is 104 cm³/mol. The highest BCUT2D eigenvalue weighted by molar-refractivity contribution is 7.89. The Bertz CT molecular complexity index is 1030. The van der Waals surface area contributed by atoms with Gasteiger partial charge in [0.1, 0.15) is 0 Å². The number of carbonyl (C=O) groups excluding carboxylic acids is 1. The van der Waals surface area contributed by atoms with Gasteiger partial charge in [-0.05, 0) is 53.6 Å². The number of rotatable bonds is 6. The lowest BCUT2D eigenvalue weighted by atomic mass is 10.1. The Hall–Kier alpha value is -2.70. The molecule has 0 aliphatic rings. The van der Waals surface area contributed by atoms with Crippen molar-refractivity contribution in [3.8, 4) is 0 Å². The molecule has 0 aromatic heterocycles. The molecule has 5 nitrogen and oxygen atoms in total. The van der Waals surface area contributed by atoms with E-state index in [9.17, 15) is 13.2 Å². The summed E-state index contributed by atoms with van der Waals surface area (Å²) in [7, 11) is -3.51. The second kappa shape index (κ2) is 7.68. The number of hydrogen-bond donors (Lipinski definition) is 2. The van der Waals surface area contributed by atoms with Crippen LogP contribution in [0.4, 0.5) is 5.69 Å². The van der Waals surface area contributed by atoms with E-state index in [1.54, 1.807) is 18.2 Å². The first kappa shape index (κ1) is 18.1. The topological polar surface area (TPSA) is 75.3 Å². The average Bonchev–Trinajstić information content (AvgIpc) is 2.66. The normalized spacial score (nSPS) is 11.4. The first-order valence-electron chi connectivity index (χ1n) is 8.39. The van der Waals surface area contributed by atoms with Gasteiger partial charge in [-0.3, -0.25) is 4.79 Å². The molecule has 0 atom stereocenters. The van der Waals surface area contributed by atoms with Crippen LogP contribution in [0.15, 0.2) is 71.6 Å². The van der Waals surface area contributed by atoms with E-state index < -0.39 is 10.0 Å². The van der Waals surface area contributed by atoms with E-state index in [-0.39, 0.29) is 10.8 Å². The molecule has 2 N–H and O–H groups in total. The Morgan fingerprint density at radius 1 is 0.923 bits per heavy atom. The Morgan fingerprint density at radius 3 is 2.31 bits per heavy atom. The van der Waals surface area contributed by atoms with Gasteiger partial charge in [0.05, 0.1) is 4.90 Å². The minimum Gasteiger partial charge on any atom is -0.322 e. The Labute approximate surface area is 153 Å². The zero-order valence-corrected chi connectivity index (χ0v) is 15.2. The molecule has 134 valence electrons. The maximum Gasteiger partial charge on any atom is 0.255 e. The highest BCUT2D eigenvalue weighted by Crippen LogP contribution is 2.18. The van der Waals surface area contributed by atoms with Crippen LogP contribution in [0.2, 0.25) is 0 Å². The fraction of sp³-hybridized carbons (Fsp3) is 0.150. The molecule has 1 amide bonds. The molecule has 0 heterocycles. The van der Waals surface area contributed by atoms with Crippen LogP contribution in [0.1, 0.15) is 23.7 Å². The molecule has 0 bridgehead atoms. The summed E-state index contributed by atoms with van der Waals surface area (Å²) in [4.78, 5) is 12.6. The van der Waals surface area contributed by atoms with Gasteiger partial charge in [0.2, 0.25) is 10.0 Å². The van der Waals surface area contributed by atoms with Crippen LogP contribution in [0.3, 0.4) is 0 Å². The number of amides is 1. The first-order valence-corrected chi connectivity index (χ1v) is 9.88. The van der Waals surface area contributed by atoms with Gasteiger partial charge in [0.15, 0.2) is 0 Å². The molecule has 0 fully saturated rings. The smallest absolute Gasteiger partial charge is 0.255 e. The molecule has 6 heteroatoms. The molecule has 3 aromatic rings. The molecule has 3 aromatic carbocycles. The number of hydrogen-bond acceptors (Lipinski definition) is 3. The van der Waals surface area contributed by atoms with Gasteiger partial charge in [0.25, 0.3) is 5.91 Å². The summed E-state index contributed by atoms with van der Waals surface area (Å²) in [6, 6.07) is 19.4. The van der Waals surface area contributed by atoms with Crippen molar-refractivity contribution in [2.45, 2.75) is 18.2 Å². The molecule has 0 unspecified atom stereocenters. The van der Waals surface area contributed by atoms with Crippen LogP contribution in [-0.4, -0.2) is 20.9 Å². The number of benzene rings is 3. The van der Waals surface area contributed by atoms with Crippen LogP contribution in [0.25, 0.3) is 10.8 Å². The van der Waals surface area contributed by atoms with E-state index >= 15 is 0 Å². The summed E-state index contributed by atoms with van der Waals surface area (Å²) >= 11 is 0. The van der Waals surface area contributed by atoms with Crippen molar-refractivity contribution in [1.29, 1.82) is 0 Å². The van der Waals surface area contributed by atoms with Crippen molar-refractivity contribution in [1.82, 2.24) is 4.72 Å². The Kier molecular flexibility index (Phi) is 5.35. The lowest BCUT2D eigenvalue weighted by Crippen LogP contribution is -2.24. The molecule has 3 rings (SSSR count). The van der Waals surface area contributed by atoms with Crippen molar-refractivity contribution in [2.75, 3.05) is 11.9 Å². The van der Waals surface area contributed by atoms with Crippen LogP contribution < -0.4 is 10.0 Å². The van der Waals surface area contributed by atoms with E-state index in [2.05, 4.69) is 10.0 Å². The number of fused-ring (bicyclic) bond motifs is 1. The molecular formula is C20H20N2O3S. The monoisotopic (exact) mass is 368 g/mol. The van der Waals surface area contributed by atoms with E-state index in [0.717, 1.165) is 17.2 Å². The quantitative estimate of drug-likeness (QED) is 0.695. The van der Waals surface area contributed by atoms with E-state index in [4.69, 9.17) is 0 Å². The fourth-order valence-electron chi connectivity index (χ4n) is 2.57. The Morgan fingerprint density at radius 2 is 1.62 bits per heavy atom.